The van der Waals surface area contributed by atoms with Gasteiger partial charge in [0.05, 0.1) is 5.56 Å². The van der Waals surface area contributed by atoms with E-state index in [1.807, 2.05) is 6.92 Å². The molecule has 148 valence electrons. The Morgan fingerprint density at radius 1 is 1.43 bits per heavy atom. The molecular weight excluding hydrogens is 392 g/mol. The third kappa shape index (κ3) is 4.51. The number of hydrogen-bond acceptors (Lipinski definition) is 4. The molecule has 1 amide bonds. The van der Waals surface area contributed by atoms with Crippen molar-refractivity contribution >= 4 is 33.8 Å². The van der Waals surface area contributed by atoms with Crippen molar-refractivity contribution in [2.45, 2.75) is 47.0 Å². The van der Waals surface area contributed by atoms with Crippen molar-refractivity contribution in [2.24, 2.45) is 11.3 Å². The second-order valence-electron chi connectivity index (χ2n) is 8.37. The highest BCUT2D eigenvalue weighted by Crippen LogP contribution is 2.43. The van der Waals surface area contributed by atoms with E-state index in [2.05, 4.69) is 32.2 Å². The van der Waals surface area contributed by atoms with Crippen LogP contribution in [0.15, 0.2) is 18.2 Å². The maximum atomic E-state index is 12.4. The van der Waals surface area contributed by atoms with E-state index in [0.717, 1.165) is 30.4 Å². The van der Waals surface area contributed by atoms with Gasteiger partial charge in [-0.3, -0.25) is 4.79 Å². The predicted molar refractivity (Wildman–Crippen MR) is 114 cm³/mol. The maximum absolute atomic E-state index is 12.4. The quantitative estimate of drug-likeness (QED) is 0.690. The number of rotatable bonds is 4. The number of carbonyl (C=O) groups is 1. The van der Waals surface area contributed by atoms with Crippen LogP contribution in [-0.2, 0) is 17.6 Å². The number of nitrogens with zero attached hydrogens (tertiary/aromatic N) is 1. The Labute approximate surface area is 175 Å². The summed E-state index contributed by atoms with van der Waals surface area (Å²) in [6, 6.07) is 7.57. The molecule has 1 aromatic carbocycles. The van der Waals surface area contributed by atoms with E-state index in [-0.39, 0.29) is 17.9 Å². The molecule has 0 unspecified atom stereocenters. The molecule has 1 heterocycles. The van der Waals surface area contributed by atoms with Crippen LogP contribution in [0.4, 0.5) is 5.00 Å². The van der Waals surface area contributed by atoms with E-state index < -0.39 is 0 Å². The molecule has 2 aromatic rings. The summed E-state index contributed by atoms with van der Waals surface area (Å²) in [5.74, 6) is 0.945. The van der Waals surface area contributed by atoms with Gasteiger partial charge in [-0.05, 0) is 66.8 Å². The first-order chi connectivity index (χ1) is 13.2. The van der Waals surface area contributed by atoms with Crippen LogP contribution >= 0.6 is 22.9 Å². The van der Waals surface area contributed by atoms with Crippen LogP contribution in [0.2, 0.25) is 5.02 Å². The largest absolute Gasteiger partial charge is 0.483 e. The highest BCUT2D eigenvalue weighted by molar-refractivity contribution is 7.16. The fourth-order valence-electron chi connectivity index (χ4n) is 3.61. The molecule has 0 fully saturated rings. The highest BCUT2D eigenvalue weighted by atomic mass is 35.5. The molecule has 0 saturated carbocycles. The van der Waals surface area contributed by atoms with Crippen molar-refractivity contribution < 1.29 is 9.53 Å². The molecule has 3 rings (SSSR count). The number of aryl methyl sites for hydroxylation is 1. The van der Waals surface area contributed by atoms with Crippen LogP contribution in [0.5, 0.6) is 5.75 Å². The molecule has 1 aromatic heterocycles. The minimum absolute atomic E-state index is 0.111. The van der Waals surface area contributed by atoms with Crippen LogP contribution in [0.1, 0.15) is 48.8 Å². The molecule has 0 spiro atoms. The monoisotopic (exact) mass is 416 g/mol. The molecule has 1 N–H and O–H groups in total. The number of fused-ring (bicyclic) bond motifs is 1. The Bertz CT molecular complexity index is 937. The molecule has 28 heavy (non-hydrogen) atoms. The van der Waals surface area contributed by atoms with Crippen LogP contribution in [0.25, 0.3) is 0 Å². The van der Waals surface area contributed by atoms with E-state index >= 15 is 0 Å². The number of hydrogen-bond donors (Lipinski definition) is 1. The van der Waals surface area contributed by atoms with Crippen LogP contribution in [-0.4, -0.2) is 12.5 Å². The first-order valence-corrected chi connectivity index (χ1v) is 10.6. The summed E-state index contributed by atoms with van der Waals surface area (Å²) in [5.41, 5.74) is 2.83. The Morgan fingerprint density at radius 2 is 2.18 bits per heavy atom. The van der Waals surface area contributed by atoms with Crippen molar-refractivity contribution in [1.29, 1.82) is 5.26 Å². The summed E-state index contributed by atoms with van der Waals surface area (Å²) in [7, 11) is 0. The zero-order valence-electron chi connectivity index (χ0n) is 16.7. The van der Waals surface area contributed by atoms with E-state index in [0.29, 0.717) is 27.3 Å². The molecule has 1 aliphatic rings. The van der Waals surface area contributed by atoms with Crippen molar-refractivity contribution in [2.75, 3.05) is 11.9 Å². The molecule has 0 aliphatic heterocycles. The molecule has 1 aliphatic carbocycles. The van der Waals surface area contributed by atoms with Crippen molar-refractivity contribution in [3.63, 3.8) is 0 Å². The second kappa shape index (κ2) is 8.14. The molecule has 0 radical (unpaired) electrons. The average Bonchev–Trinajstić information content (AvgIpc) is 2.96. The van der Waals surface area contributed by atoms with Gasteiger partial charge in [0.15, 0.2) is 6.61 Å². The summed E-state index contributed by atoms with van der Waals surface area (Å²) in [5, 5.41) is 13.8. The molecular formula is C22H25ClN2O2S. The van der Waals surface area contributed by atoms with Gasteiger partial charge in [-0.15, -0.1) is 11.3 Å². The molecule has 6 heteroatoms. The van der Waals surface area contributed by atoms with Gasteiger partial charge in [0.1, 0.15) is 16.8 Å². The number of carbonyl (C=O) groups excluding carboxylic acids is 1. The molecule has 4 nitrogen and oxygen atoms in total. The third-order valence-electron chi connectivity index (χ3n) is 5.35. The lowest BCUT2D eigenvalue weighted by Crippen LogP contribution is -2.26. The number of halogens is 1. The number of ether oxygens (including phenoxy) is 1. The fraction of sp³-hybridized carbons (Fsp3) is 0.455. The topological polar surface area (TPSA) is 62.1 Å². The molecule has 0 bridgehead atoms. The standard InChI is InChI=1S/C22H25ClN2O2S/c1-13-9-15(23)6-8-18(13)27-12-20(26)25-21-17(11-24)16-7-5-14(22(2,3)4)10-19(16)28-21/h6,8-9,14H,5,7,10,12H2,1-4H3,(H,25,26)/t14-/m1/s1. The number of nitrogens with one attached hydrogen (secondary N) is 1. The Morgan fingerprint density at radius 3 is 2.82 bits per heavy atom. The van der Waals surface area contributed by atoms with Gasteiger partial charge >= 0.3 is 0 Å². The highest BCUT2D eigenvalue weighted by Gasteiger charge is 2.32. The van der Waals surface area contributed by atoms with Gasteiger partial charge in [-0.25, -0.2) is 0 Å². The van der Waals surface area contributed by atoms with Gasteiger partial charge in [-0.1, -0.05) is 32.4 Å². The Hall–Kier alpha value is -2.03. The summed E-state index contributed by atoms with van der Waals surface area (Å²) in [4.78, 5) is 13.6. The lowest BCUT2D eigenvalue weighted by molar-refractivity contribution is -0.118. The number of nitriles is 1. The van der Waals surface area contributed by atoms with Crippen molar-refractivity contribution in [3.8, 4) is 11.8 Å². The Balaban J connectivity index is 1.70. The average molecular weight is 417 g/mol. The van der Waals surface area contributed by atoms with E-state index in [1.54, 1.807) is 18.2 Å². The smallest absolute Gasteiger partial charge is 0.262 e. The lowest BCUT2D eigenvalue weighted by atomic mass is 9.72. The first kappa shape index (κ1) is 20.7. The normalized spacial score (nSPS) is 16.2. The minimum Gasteiger partial charge on any atom is -0.483 e. The zero-order valence-corrected chi connectivity index (χ0v) is 18.3. The summed E-state index contributed by atoms with van der Waals surface area (Å²) in [6.45, 7) is 8.56. The van der Waals surface area contributed by atoms with Gasteiger partial charge < -0.3 is 10.1 Å². The molecule has 0 saturated heterocycles. The summed E-state index contributed by atoms with van der Waals surface area (Å²) >= 11 is 7.48. The SMILES string of the molecule is Cc1cc(Cl)ccc1OCC(=O)Nc1sc2c(c1C#N)CC[C@@H](C(C)(C)C)C2. The van der Waals surface area contributed by atoms with E-state index in [1.165, 1.54) is 16.2 Å². The summed E-state index contributed by atoms with van der Waals surface area (Å²) in [6.07, 6.45) is 2.94. The zero-order chi connectivity index (χ0) is 20.5. The molecule has 1 atom stereocenters. The number of thiophene rings is 1. The summed E-state index contributed by atoms with van der Waals surface area (Å²) < 4.78 is 5.61. The van der Waals surface area contributed by atoms with Crippen molar-refractivity contribution in [3.05, 3.63) is 44.8 Å². The van der Waals surface area contributed by atoms with Gasteiger partial charge in [-0.2, -0.15) is 5.26 Å². The predicted octanol–water partition coefficient (Wildman–Crippen LogP) is 5.75. The first-order valence-electron chi connectivity index (χ1n) is 9.42. The van der Waals surface area contributed by atoms with Gasteiger partial charge in [0.25, 0.3) is 5.91 Å². The fourth-order valence-corrected chi connectivity index (χ4v) is 5.13. The van der Waals surface area contributed by atoms with Crippen molar-refractivity contribution in [1.82, 2.24) is 0 Å². The number of anilines is 1. The minimum atomic E-state index is -0.267. The second-order valence-corrected chi connectivity index (χ2v) is 9.91. The number of benzene rings is 1. The van der Waals surface area contributed by atoms with Crippen LogP contribution < -0.4 is 10.1 Å². The van der Waals surface area contributed by atoms with Gasteiger partial charge in [0, 0.05) is 9.90 Å². The van der Waals surface area contributed by atoms with Crippen LogP contribution in [0.3, 0.4) is 0 Å². The van der Waals surface area contributed by atoms with Crippen LogP contribution in [0, 0.1) is 29.6 Å². The maximum Gasteiger partial charge on any atom is 0.262 e. The van der Waals surface area contributed by atoms with Gasteiger partial charge in [0.2, 0.25) is 0 Å². The van der Waals surface area contributed by atoms with E-state index in [4.69, 9.17) is 16.3 Å². The number of amides is 1. The third-order valence-corrected chi connectivity index (χ3v) is 6.76. The Kier molecular flexibility index (Phi) is 6.02. The van der Waals surface area contributed by atoms with E-state index in [9.17, 15) is 10.1 Å². The lowest BCUT2D eigenvalue weighted by Gasteiger charge is -2.33.